The predicted octanol–water partition coefficient (Wildman–Crippen LogP) is -0.290. The van der Waals surface area contributed by atoms with E-state index in [-0.39, 0.29) is 50.0 Å². The van der Waals surface area contributed by atoms with Crippen molar-refractivity contribution in [1.29, 1.82) is 0 Å². The van der Waals surface area contributed by atoms with E-state index in [2.05, 4.69) is 15.2 Å². The van der Waals surface area contributed by atoms with E-state index in [9.17, 15) is 23.7 Å². The van der Waals surface area contributed by atoms with Gasteiger partial charge in [0.1, 0.15) is 0 Å². The van der Waals surface area contributed by atoms with Crippen LogP contribution in [0.1, 0.15) is 33.1 Å². The number of rotatable bonds is 2. The van der Waals surface area contributed by atoms with Gasteiger partial charge in [-0.3, -0.25) is 23.7 Å². The Morgan fingerprint density at radius 2 is 1.79 bits per heavy atom. The van der Waals surface area contributed by atoms with E-state index >= 15 is 0 Å². The van der Waals surface area contributed by atoms with Crippen LogP contribution in [0.5, 0.6) is 0 Å². The Morgan fingerprint density at radius 1 is 1.11 bits per heavy atom. The van der Waals surface area contributed by atoms with E-state index in [1.54, 1.807) is 0 Å². The number of hydrogen-bond acceptors (Lipinski definition) is 8. The number of esters is 1. The second-order valence-corrected chi connectivity index (χ2v) is 9.08. The molecule has 0 aromatic rings. The number of amides is 2. The van der Waals surface area contributed by atoms with Gasteiger partial charge in [0.2, 0.25) is 5.91 Å². The van der Waals surface area contributed by atoms with E-state index in [1.807, 2.05) is 0 Å². The Kier molecular flexibility index (Phi) is 9.58. The molecule has 0 aromatic heterocycles. The second kappa shape index (κ2) is 10.9. The minimum absolute atomic E-state index is 0.0548. The smallest absolute Gasteiger partial charge is 0.465 e. The molecule has 1 aliphatic rings. The minimum atomic E-state index is -5.03. The molecule has 1 rings (SSSR count). The maximum Gasteiger partial charge on any atom is 0.470 e. The number of carbonyl (C=O) groups excluding carboxylic acids is 4. The molecule has 0 radical (unpaired) electrons. The highest BCUT2D eigenvalue weighted by atomic mass is 32.2. The molecule has 4 N–H and O–H groups in total. The monoisotopic (exact) mass is 440 g/mol. The first-order chi connectivity index (χ1) is 12.9. The standard InChI is InChI=1S/C15H25N2O9PS/c1-15(2)9-25-11(19)3-4-12(20)28-8-7-16-10(18)5-6-17-14(21)13(15)26-27(22,23)24/h13H,3-9H2,1-2H3,(H,16,18)(H,17,21)(H2,22,23,24)/t13-/m0/s1. The lowest BCUT2D eigenvalue weighted by Gasteiger charge is -2.32. The Labute approximate surface area is 166 Å². The van der Waals surface area contributed by atoms with Gasteiger partial charge in [0.05, 0.1) is 13.0 Å². The van der Waals surface area contributed by atoms with E-state index < -0.39 is 31.2 Å². The maximum atomic E-state index is 12.4. The zero-order valence-electron chi connectivity index (χ0n) is 15.6. The van der Waals surface area contributed by atoms with E-state index in [4.69, 9.17) is 14.5 Å². The molecular weight excluding hydrogens is 415 g/mol. The lowest BCUT2D eigenvalue weighted by molar-refractivity contribution is -0.153. The van der Waals surface area contributed by atoms with Gasteiger partial charge in [-0.05, 0) is 0 Å². The number of phosphoric acid groups is 1. The normalized spacial score (nSPS) is 23.9. The Bertz CT molecular complexity index is 649. The topological polar surface area (TPSA) is 168 Å². The number of ether oxygens (including phenoxy) is 1. The summed E-state index contributed by atoms with van der Waals surface area (Å²) >= 11 is 0.990. The van der Waals surface area contributed by atoms with Crippen molar-refractivity contribution < 1.29 is 42.8 Å². The lowest BCUT2D eigenvalue weighted by atomic mass is 9.87. The van der Waals surface area contributed by atoms with E-state index in [1.165, 1.54) is 13.8 Å². The first-order valence-electron chi connectivity index (χ1n) is 8.50. The summed E-state index contributed by atoms with van der Waals surface area (Å²) in [6.07, 6.45) is -1.94. The summed E-state index contributed by atoms with van der Waals surface area (Å²) in [6, 6.07) is 0. The highest BCUT2D eigenvalue weighted by Gasteiger charge is 2.41. The van der Waals surface area contributed by atoms with Crippen molar-refractivity contribution >= 4 is 42.5 Å². The summed E-state index contributed by atoms with van der Waals surface area (Å²) in [5, 5.41) is 4.73. The van der Waals surface area contributed by atoms with Crippen molar-refractivity contribution in [3.8, 4) is 0 Å². The molecule has 0 aromatic carbocycles. The van der Waals surface area contributed by atoms with Gasteiger partial charge in [0.15, 0.2) is 11.2 Å². The highest BCUT2D eigenvalue weighted by molar-refractivity contribution is 8.13. The first kappa shape index (κ1) is 24.6. The number of hydrogen-bond donors (Lipinski definition) is 4. The van der Waals surface area contributed by atoms with E-state index in [0.29, 0.717) is 5.75 Å². The van der Waals surface area contributed by atoms with Crippen molar-refractivity contribution in [2.45, 2.75) is 39.2 Å². The van der Waals surface area contributed by atoms with Crippen LogP contribution < -0.4 is 10.6 Å². The quantitative estimate of drug-likeness (QED) is 0.331. The Hall–Kier alpha value is -1.46. The molecule has 2 amide bonds. The van der Waals surface area contributed by atoms with Crippen molar-refractivity contribution in [1.82, 2.24) is 10.6 Å². The fraction of sp³-hybridized carbons (Fsp3) is 0.733. The number of phosphoric ester groups is 1. The van der Waals surface area contributed by atoms with Gasteiger partial charge in [0.25, 0.3) is 5.91 Å². The van der Waals surface area contributed by atoms with Crippen LogP contribution in [0.25, 0.3) is 0 Å². The largest absolute Gasteiger partial charge is 0.470 e. The predicted molar refractivity (Wildman–Crippen MR) is 99.0 cm³/mol. The molecule has 0 saturated carbocycles. The second-order valence-electron chi connectivity index (χ2n) is 6.74. The first-order valence-corrected chi connectivity index (χ1v) is 11.0. The number of carbonyl (C=O) groups is 4. The van der Waals surface area contributed by atoms with Crippen LogP contribution in [-0.2, 0) is 33.0 Å². The van der Waals surface area contributed by atoms with Crippen molar-refractivity contribution in [3.63, 3.8) is 0 Å². The molecule has 13 heteroatoms. The average Bonchev–Trinajstić information content (AvgIpc) is 2.58. The Morgan fingerprint density at radius 3 is 2.43 bits per heavy atom. The molecule has 11 nitrogen and oxygen atoms in total. The van der Waals surface area contributed by atoms with Crippen molar-refractivity contribution in [3.05, 3.63) is 0 Å². The summed E-state index contributed by atoms with van der Waals surface area (Å²) in [7, 11) is -5.03. The van der Waals surface area contributed by atoms with Gasteiger partial charge >= 0.3 is 13.8 Å². The lowest BCUT2D eigenvalue weighted by Crippen LogP contribution is -2.48. The van der Waals surface area contributed by atoms with Crippen LogP contribution in [0.2, 0.25) is 0 Å². The number of nitrogens with one attached hydrogen (secondary N) is 2. The summed E-state index contributed by atoms with van der Waals surface area (Å²) in [4.78, 5) is 65.9. The zero-order chi connectivity index (χ0) is 21.4. The van der Waals surface area contributed by atoms with Gasteiger partial charge in [0, 0.05) is 37.1 Å². The van der Waals surface area contributed by atoms with Gasteiger partial charge in [-0.2, -0.15) is 0 Å². The molecule has 28 heavy (non-hydrogen) atoms. The number of cyclic esters (lactones) is 1. The fourth-order valence-corrected chi connectivity index (χ4v) is 3.54. The van der Waals surface area contributed by atoms with Crippen LogP contribution >= 0.6 is 19.6 Å². The molecule has 1 heterocycles. The fourth-order valence-electron chi connectivity index (χ4n) is 2.21. The molecule has 0 spiro atoms. The summed E-state index contributed by atoms with van der Waals surface area (Å²) < 4.78 is 20.9. The molecule has 1 atom stereocenters. The van der Waals surface area contributed by atoms with Crippen LogP contribution in [-0.4, -0.2) is 64.2 Å². The molecule has 0 aliphatic carbocycles. The van der Waals surface area contributed by atoms with Gasteiger partial charge in [-0.1, -0.05) is 25.6 Å². The van der Waals surface area contributed by atoms with Crippen LogP contribution in [0.3, 0.4) is 0 Å². The summed E-state index contributed by atoms with van der Waals surface area (Å²) in [5.41, 5.74) is -1.30. The van der Waals surface area contributed by atoms with Gasteiger partial charge < -0.3 is 25.2 Å². The molecule has 1 saturated heterocycles. The van der Waals surface area contributed by atoms with Crippen molar-refractivity contribution in [2.24, 2.45) is 5.41 Å². The highest BCUT2D eigenvalue weighted by Crippen LogP contribution is 2.42. The van der Waals surface area contributed by atoms with Gasteiger partial charge in [-0.25, -0.2) is 4.57 Å². The molecule has 160 valence electrons. The third-order valence-electron chi connectivity index (χ3n) is 3.67. The number of thioether (sulfide) groups is 1. The Balaban J connectivity index is 2.93. The SMILES string of the molecule is CC1(C)COC(=O)CCC(=O)SCCNC(=O)CCNC(=O)[C@@H]1OP(=O)(O)O. The van der Waals surface area contributed by atoms with Crippen molar-refractivity contribution in [2.75, 3.05) is 25.4 Å². The van der Waals surface area contributed by atoms with Crippen LogP contribution in [0, 0.1) is 5.41 Å². The van der Waals surface area contributed by atoms with Gasteiger partial charge in [-0.15, -0.1) is 0 Å². The minimum Gasteiger partial charge on any atom is -0.465 e. The molecule has 1 aliphatic heterocycles. The van der Waals surface area contributed by atoms with Crippen LogP contribution in [0.4, 0.5) is 0 Å². The zero-order valence-corrected chi connectivity index (χ0v) is 17.3. The third kappa shape index (κ3) is 9.65. The molecular formula is C15H25N2O9PS. The maximum absolute atomic E-state index is 12.4. The average molecular weight is 440 g/mol. The molecule has 0 unspecified atom stereocenters. The molecule has 0 bridgehead atoms. The third-order valence-corrected chi connectivity index (χ3v) is 5.09. The molecule has 1 fully saturated rings. The summed E-state index contributed by atoms with van der Waals surface area (Å²) in [6.45, 7) is 2.65. The van der Waals surface area contributed by atoms with E-state index in [0.717, 1.165) is 11.8 Å². The summed E-state index contributed by atoms with van der Waals surface area (Å²) in [5.74, 6) is -1.55. The van der Waals surface area contributed by atoms with Crippen LogP contribution in [0.15, 0.2) is 0 Å².